The molecule has 1 amide bonds. The number of nitrogens with two attached hydrogens (primary N) is 1. The Bertz CT molecular complexity index is 407. The summed E-state index contributed by atoms with van der Waals surface area (Å²) in [7, 11) is 3.18. The summed E-state index contributed by atoms with van der Waals surface area (Å²) in [4.78, 5) is 13.3. The summed E-state index contributed by atoms with van der Waals surface area (Å²) in [5.41, 5.74) is 6.35. The highest BCUT2D eigenvalue weighted by molar-refractivity contribution is 5.78. The molecule has 0 atom stereocenters. The second-order valence-corrected chi connectivity index (χ2v) is 3.80. The monoisotopic (exact) mass is 252 g/mol. The maximum absolute atomic E-state index is 11.6. The topological polar surface area (TPSA) is 64.8 Å². The smallest absolute Gasteiger partial charge is 0.236 e. The van der Waals surface area contributed by atoms with Crippen LogP contribution in [0.4, 0.5) is 0 Å². The van der Waals surface area contributed by atoms with E-state index in [0.717, 1.165) is 5.56 Å². The molecule has 0 saturated heterocycles. The van der Waals surface area contributed by atoms with Crippen LogP contribution in [-0.2, 0) is 11.3 Å². The Morgan fingerprint density at radius 3 is 2.44 bits per heavy atom. The van der Waals surface area contributed by atoms with Gasteiger partial charge >= 0.3 is 0 Å². The van der Waals surface area contributed by atoms with E-state index in [-0.39, 0.29) is 12.5 Å². The van der Waals surface area contributed by atoms with Gasteiger partial charge in [-0.05, 0) is 24.6 Å². The summed E-state index contributed by atoms with van der Waals surface area (Å²) in [6.07, 6.45) is 0. The van der Waals surface area contributed by atoms with E-state index >= 15 is 0 Å². The van der Waals surface area contributed by atoms with Crippen LogP contribution in [0, 0.1) is 0 Å². The van der Waals surface area contributed by atoms with Gasteiger partial charge in [0.1, 0.15) is 0 Å². The predicted octanol–water partition coefficient (Wildman–Crippen LogP) is 1.01. The molecule has 5 heteroatoms. The second kappa shape index (κ2) is 6.86. The van der Waals surface area contributed by atoms with Gasteiger partial charge in [-0.25, -0.2) is 0 Å². The summed E-state index contributed by atoms with van der Waals surface area (Å²) in [6.45, 7) is 3.10. The van der Waals surface area contributed by atoms with Gasteiger partial charge in [0.25, 0.3) is 0 Å². The third kappa shape index (κ3) is 3.37. The Hall–Kier alpha value is -1.75. The first-order valence-electron chi connectivity index (χ1n) is 5.85. The Labute approximate surface area is 107 Å². The molecule has 0 fully saturated rings. The van der Waals surface area contributed by atoms with E-state index < -0.39 is 0 Å². The van der Waals surface area contributed by atoms with Crippen molar-refractivity contribution in [1.82, 2.24) is 4.90 Å². The van der Waals surface area contributed by atoms with Gasteiger partial charge in [0.05, 0.1) is 20.8 Å². The molecule has 0 bridgehead atoms. The van der Waals surface area contributed by atoms with Gasteiger partial charge in [-0.1, -0.05) is 6.07 Å². The lowest BCUT2D eigenvalue weighted by atomic mass is 10.2. The Balaban J connectivity index is 2.87. The van der Waals surface area contributed by atoms with Crippen LogP contribution in [0.5, 0.6) is 11.5 Å². The number of hydrogen-bond acceptors (Lipinski definition) is 4. The van der Waals surface area contributed by atoms with E-state index in [2.05, 4.69) is 0 Å². The van der Waals surface area contributed by atoms with Crippen LogP contribution < -0.4 is 15.2 Å². The van der Waals surface area contributed by atoms with Crippen LogP contribution in [0.3, 0.4) is 0 Å². The van der Waals surface area contributed by atoms with Crippen molar-refractivity contribution < 1.29 is 14.3 Å². The molecular formula is C13H20N2O3. The molecule has 0 unspecified atom stereocenters. The van der Waals surface area contributed by atoms with E-state index in [1.807, 2.05) is 25.1 Å². The van der Waals surface area contributed by atoms with Gasteiger partial charge in [-0.3, -0.25) is 4.79 Å². The second-order valence-electron chi connectivity index (χ2n) is 3.80. The van der Waals surface area contributed by atoms with Crippen molar-refractivity contribution in [3.05, 3.63) is 23.8 Å². The first-order chi connectivity index (χ1) is 8.65. The number of rotatable bonds is 6. The zero-order valence-corrected chi connectivity index (χ0v) is 11.1. The fourth-order valence-electron chi connectivity index (χ4n) is 1.70. The van der Waals surface area contributed by atoms with E-state index in [9.17, 15) is 4.79 Å². The molecule has 1 aromatic rings. The molecule has 5 nitrogen and oxygen atoms in total. The maximum atomic E-state index is 11.6. The number of benzene rings is 1. The van der Waals surface area contributed by atoms with E-state index in [1.54, 1.807) is 19.1 Å². The van der Waals surface area contributed by atoms with Crippen LogP contribution in [0.25, 0.3) is 0 Å². The fourth-order valence-corrected chi connectivity index (χ4v) is 1.70. The zero-order valence-electron chi connectivity index (χ0n) is 11.1. The molecule has 0 heterocycles. The van der Waals surface area contributed by atoms with E-state index in [0.29, 0.717) is 24.6 Å². The van der Waals surface area contributed by atoms with Crippen molar-refractivity contribution in [1.29, 1.82) is 0 Å². The first kappa shape index (κ1) is 14.3. The standard InChI is InChI=1S/C13H20N2O3/c1-4-15(13(16)8-14)9-10-5-6-11(17-2)12(7-10)18-3/h5-7H,4,8-9,14H2,1-3H3. The Morgan fingerprint density at radius 2 is 1.94 bits per heavy atom. The van der Waals surface area contributed by atoms with Crippen LogP contribution in [0.15, 0.2) is 18.2 Å². The van der Waals surface area contributed by atoms with Crippen molar-refractivity contribution in [2.24, 2.45) is 5.73 Å². The van der Waals surface area contributed by atoms with E-state index in [4.69, 9.17) is 15.2 Å². The SMILES string of the molecule is CCN(Cc1ccc(OC)c(OC)c1)C(=O)CN. The largest absolute Gasteiger partial charge is 0.493 e. The number of carbonyl (C=O) groups is 1. The van der Waals surface area contributed by atoms with E-state index in [1.165, 1.54) is 0 Å². The number of likely N-dealkylation sites (N-methyl/N-ethyl adjacent to an activating group) is 1. The Kier molecular flexibility index (Phi) is 5.45. The average molecular weight is 252 g/mol. The minimum Gasteiger partial charge on any atom is -0.493 e. The highest BCUT2D eigenvalue weighted by Crippen LogP contribution is 2.27. The quantitative estimate of drug-likeness (QED) is 0.820. The van der Waals surface area contributed by atoms with Crippen LogP contribution >= 0.6 is 0 Å². The summed E-state index contributed by atoms with van der Waals surface area (Å²) >= 11 is 0. The summed E-state index contributed by atoms with van der Waals surface area (Å²) < 4.78 is 10.4. The highest BCUT2D eigenvalue weighted by Gasteiger charge is 2.11. The van der Waals surface area contributed by atoms with Crippen molar-refractivity contribution in [2.45, 2.75) is 13.5 Å². The Morgan fingerprint density at radius 1 is 1.28 bits per heavy atom. The third-order valence-corrected chi connectivity index (χ3v) is 2.73. The molecule has 1 rings (SSSR count). The number of amides is 1. The highest BCUT2D eigenvalue weighted by atomic mass is 16.5. The summed E-state index contributed by atoms with van der Waals surface area (Å²) in [5.74, 6) is 1.27. The van der Waals surface area contributed by atoms with Crippen LogP contribution in [-0.4, -0.2) is 38.1 Å². The molecule has 0 saturated carbocycles. The normalized spacial score (nSPS) is 10.0. The molecule has 0 spiro atoms. The molecule has 0 aromatic heterocycles. The lowest BCUT2D eigenvalue weighted by Gasteiger charge is -2.20. The molecule has 0 radical (unpaired) electrons. The van der Waals surface area contributed by atoms with Gasteiger partial charge in [-0.2, -0.15) is 0 Å². The third-order valence-electron chi connectivity index (χ3n) is 2.73. The van der Waals surface area contributed by atoms with Crippen molar-refractivity contribution in [3.63, 3.8) is 0 Å². The molecular weight excluding hydrogens is 232 g/mol. The van der Waals surface area contributed by atoms with Gasteiger partial charge in [-0.15, -0.1) is 0 Å². The number of hydrogen-bond donors (Lipinski definition) is 1. The summed E-state index contributed by atoms with van der Waals surface area (Å²) in [5, 5.41) is 0. The lowest BCUT2D eigenvalue weighted by Crippen LogP contribution is -2.35. The van der Waals surface area contributed by atoms with Gasteiger partial charge < -0.3 is 20.1 Å². The first-order valence-corrected chi connectivity index (χ1v) is 5.85. The van der Waals surface area contributed by atoms with Gasteiger partial charge in [0.15, 0.2) is 11.5 Å². The van der Waals surface area contributed by atoms with Crippen molar-refractivity contribution in [2.75, 3.05) is 27.3 Å². The number of methoxy groups -OCH3 is 2. The molecule has 2 N–H and O–H groups in total. The molecule has 0 aliphatic carbocycles. The molecule has 18 heavy (non-hydrogen) atoms. The lowest BCUT2D eigenvalue weighted by molar-refractivity contribution is -0.130. The minimum absolute atomic E-state index is 0.0289. The van der Waals surface area contributed by atoms with Crippen molar-refractivity contribution >= 4 is 5.91 Å². The fraction of sp³-hybridized carbons (Fsp3) is 0.462. The maximum Gasteiger partial charge on any atom is 0.236 e. The molecule has 0 aliphatic heterocycles. The number of nitrogens with zero attached hydrogens (tertiary/aromatic N) is 1. The zero-order chi connectivity index (χ0) is 13.5. The van der Waals surface area contributed by atoms with Crippen LogP contribution in [0.2, 0.25) is 0 Å². The number of carbonyl (C=O) groups excluding carboxylic acids is 1. The summed E-state index contributed by atoms with van der Waals surface area (Å²) in [6, 6.07) is 5.61. The molecule has 1 aromatic carbocycles. The van der Waals surface area contributed by atoms with Crippen molar-refractivity contribution in [3.8, 4) is 11.5 Å². The molecule has 100 valence electrons. The molecule has 0 aliphatic rings. The van der Waals surface area contributed by atoms with Crippen LogP contribution in [0.1, 0.15) is 12.5 Å². The minimum atomic E-state index is -0.0627. The predicted molar refractivity (Wildman–Crippen MR) is 69.7 cm³/mol. The number of ether oxygens (including phenoxy) is 2. The average Bonchev–Trinajstić information content (AvgIpc) is 2.43. The van der Waals surface area contributed by atoms with Gasteiger partial charge in [0, 0.05) is 13.1 Å². The van der Waals surface area contributed by atoms with Gasteiger partial charge in [0.2, 0.25) is 5.91 Å².